The second kappa shape index (κ2) is 6.04. The first-order chi connectivity index (χ1) is 10.5. The van der Waals surface area contributed by atoms with Gasteiger partial charge in [-0.15, -0.1) is 23.7 Å². The van der Waals surface area contributed by atoms with Gasteiger partial charge in [-0.2, -0.15) is 0 Å². The summed E-state index contributed by atoms with van der Waals surface area (Å²) in [5.74, 6) is 0.844. The van der Waals surface area contributed by atoms with E-state index >= 15 is 0 Å². The number of nitrogens with two attached hydrogens (primary N) is 1. The number of hydrogen-bond donors (Lipinski definition) is 1. The fourth-order valence-electron chi connectivity index (χ4n) is 4.01. The van der Waals surface area contributed by atoms with E-state index in [2.05, 4.69) is 0 Å². The Morgan fingerprint density at radius 2 is 2.13 bits per heavy atom. The van der Waals surface area contributed by atoms with E-state index in [1.165, 1.54) is 23.5 Å². The van der Waals surface area contributed by atoms with Crippen LogP contribution in [-0.2, 0) is 0 Å². The smallest absolute Gasteiger partial charge is 0.264 e. The number of carbonyl (C=O) groups excluding carboxylic acids is 1. The number of fused-ring (bicyclic) bond motifs is 2. The van der Waals surface area contributed by atoms with Crippen LogP contribution in [0.2, 0.25) is 0 Å². The van der Waals surface area contributed by atoms with Crippen LogP contribution in [0.5, 0.6) is 0 Å². The Labute approximate surface area is 145 Å². The lowest BCUT2D eigenvalue weighted by Gasteiger charge is -2.18. The highest BCUT2D eigenvalue weighted by molar-refractivity contribution is 7.21. The molecule has 2 aliphatic rings. The zero-order valence-corrected chi connectivity index (χ0v) is 14.6. The number of carbonyl (C=O) groups is 1. The minimum Gasteiger partial charge on any atom is -0.337 e. The van der Waals surface area contributed by atoms with Crippen LogP contribution in [0.4, 0.5) is 4.39 Å². The molecule has 1 aliphatic heterocycles. The maximum absolute atomic E-state index is 13.4. The summed E-state index contributed by atoms with van der Waals surface area (Å²) in [6, 6.07) is 4.96. The van der Waals surface area contributed by atoms with Gasteiger partial charge >= 0.3 is 0 Å². The minimum atomic E-state index is -0.255. The monoisotopic (exact) mass is 354 g/mol. The van der Waals surface area contributed by atoms with Gasteiger partial charge in [-0.05, 0) is 60.7 Å². The topological polar surface area (TPSA) is 46.3 Å². The van der Waals surface area contributed by atoms with E-state index in [4.69, 9.17) is 5.73 Å². The number of aryl methyl sites for hydroxylation is 1. The number of thiophene rings is 1. The van der Waals surface area contributed by atoms with Gasteiger partial charge in [0, 0.05) is 23.8 Å². The van der Waals surface area contributed by atoms with E-state index < -0.39 is 0 Å². The summed E-state index contributed by atoms with van der Waals surface area (Å²) in [6.07, 6.45) is 2.21. The molecule has 3 atom stereocenters. The van der Waals surface area contributed by atoms with Gasteiger partial charge in [-0.3, -0.25) is 4.79 Å². The van der Waals surface area contributed by atoms with E-state index in [9.17, 15) is 9.18 Å². The molecule has 1 amide bonds. The molecule has 4 rings (SSSR count). The summed E-state index contributed by atoms with van der Waals surface area (Å²) < 4.78 is 14.4. The number of rotatable bonds is 1. The van der Waals surface area contributed by atoms with Gasteiger partial charge < -0.3 is 10.6 Å². The Balaban J connectivity index is 0.00000156. The molecule has 2 aromatic rings. The van der Waals surface area contributed by atoms with E-state index in [0.29, 0.717) is 11.8 Å². The average Bonchev–Trinajstić information content (AvgIpc) is 3.15. The third kappa shape index (κ3) is 2.65. The molecule has 3 unspecified atom stereocenters. The predicted molar refractivity (Wildman–Crippen MR) is 93.9 cm³/mol. The predicted octanol–water partition coefficient (Wildman–Crippen LogP) is 3.58. The normalized spacial score (nSPS) is 26.4. The lowest BCUT2D eigenvalue weighted by molar-refractivity contribution is 0.0784. The summed E-state index contributed by atoms with van der Waals surface area (Å²) in [6.45, 7) is 3.50. The molecule has 1 aromatic heterocycles. The van der Waals surface area contributed by atoms with Crippen LogP contribution in [-0.4, -0.2) is 29.9 Å². The van der Waals surface area contributed by atoms with Gasteiger partial charge in [-0.25, -0.2) is 4.39 Å². The number of hydrogen-bond acceptors (Lipinski definition) is 3. The summed E-state index contributed by atoms with van der Waals surface area (Å²) >= 11 is 1.47. The molecule has 0 radical (unpaired) electrons. The van der Waals surface area contributed by atoms with Crippen LogP contribution in [0.1, 0.15) is 28.1 Å². The van der Waals surface area contributed by atoms with Gasteiger partial charge in [0.2, 0.25) is 0 Å². The molecule has 0 spiro atoms. The molecule has 3 nitrogen and oxygen atoms in total. The van der Waals surface area contributed by atoms with Crippen molar-refractivity contribution >= 4 is 39.7 Å². The molecular formula is C17H20ClFN2OS. The van der Waals surface area contributed by atoms with E-state index in [0.717, 1.165) is 46.5 Å². The molecule has 124 valence electrons. The molecular weight excluding hydrogens is 335 g/mol. The van der Waals surface area contributed by atoms with Crippen LogP contribution >= 0.6 is 23.7 Å². The number of nitrogens with zero attached hydrogens (tertiary/aromatic N) is 1. The first-order valence-corrected chi connectivity index (χ1v) is 8.59. The maximum atomic E-state index is 13.4. The fraction of sp³-hybridized carbons (Fsp3) is 0.471. The Morgan fingerprint density at radius 1 is 1.35 bits per heavy atom. The van der Waals surface area contributed by atoms with Crippen LogP contribution in [0.15, 0.2) is 18.2 Å². The summed E-state index contributed by atoms with van der Waals surface area (Å²) in [7, 11) is 0. The molecule has 2 N–H and O–H groups in total. The standard InChI is InChI=1S/C17H19FN2OS.ClH/c1-9-12-6-11(18)3-5-15(12)22-16(9)17(21)20-7-10-2-4-14(19)13(10)8-20;/h3,5-6,10,13-14H,2,4,7-8,19H2,1H3;1H. The second-order valence-electron chi connectivity index (χ2n) is 6.57. The summed E-state index contributed by atoms with van der Waals surface area (Å²) in [5.41, 5.74) is 7.05. The van der Waals surface area contributed by atoms with Crippen molar-refractivity contribution in [3.05, 3.63) is 34.5 Å². The summed E-state index contributed by atoms with van der Waals surface area (Å²) in [5, 5.41) is 0.851. The van der Waals surface area contributed by atoms with E-state index in [1.807, 2.05) is 11.8 Å². The van der Waals surface area contributed by atoms with Crippen LogP contribution in [0.25, 0.3) is 10.1 Å². The lowest BCUT2D eigenvalue weighted by Crippen LogP contribution is -2.33. The fourth-order valence-corrected chi connectivity index (χ4v) is 5.17. The highest BCUT2D eigenvalue weighted by Gasteiger charge is 2.43. The highest BCUT2D eigenvalue weighted by Crippen LogP contribution is 2.39. The molecule has 1 aromatic carbocycles. The van der Waals surface area contributed by atoms with Gasteiger partial charge in [0.25, 0.3) is 5.91 Å². The average molecular weight is 355 g/mol. The van der Waals surface area contributed by atoms with Crippen molar-refractivity contribution in [2.24, 2.45) is 17.6 Å². The molecule has 1 aliphatic carbocycles. The zero-order chi connectivity index (χ0) is 15.4. The second-order valence-corrected chi connectivity index (χ2v) is 7.62. The summed E-state index contributed by atoms with van der Waals surface area (Å²) in [4.78, 5) is 15.6. The highest BCUT2D eigenvalue weighted by atomic mass is 35.5. The third-order valence-corrected chi connectivity index (χ3v) is 6.55. The SMILES string of the molecule is Cc1c(C(=O)N2CC3CCC(N)C3C2)sc2ccc(F)cc12.Cl. The lowest BCUT2D eigenvalue weighted by atomic mass is 9.98. The van der Waals surface area contributed by atoms with Crippen LogP contribution in [0.3, 0.4) is 0 Å². The number of halogens is 2. The Hall–Kier alpha value is -1.17. The van der Waals surface area contributed by atoms with Crippen LogP contribution in [0, 0.1) is 24.6 Å². The molecule has 23 heavy (non-hydrogen) atoms. The van der Waals surface area contributed by atoms with Crippen LogP contribution < -0.4 is 5.73 Å². The van der Waals surface area contributed by atoms with Gasteiger partial charge in [0.05, 0.1) is 4.88 Å². The Kier molecular flexibility index (Phi) is 4.38. The molecule has 2 heterocycles. The third-order valence-electron chi connectivity index (χ3n) is 5.29. The first kappa shape index (κ1) is 16.7. The van der Waals surface area contributed by atoms with Crippen molar-refractivity contribution in [2.75, 3.05) is 13.1 Å². The minimum absolute atomic E-state index is 0. The Bertz CT molecular complexity index is 762. The molecule has 6 heteroatoms. The van der Waals surface area contributed by atoms with Crippen molar-refractivity contribution in [3.8, 4) is 0 Å². The van der Waals surface area contributed by atoms with Gasteiger partial charge in [0.15, 0.2) is 0 Å². The maximum Gasteiger partial charge on any atom is 0.264 e. The molecule has 1 saturated heterocycles. The van der Waals surface area contributed by atoms with Gasteiger partial charge in [0.1, 0.15) is 5.82 Å². The number of amides is 1. The largest absolute Gasteiger partial charge is 0.337 e. The van der Waals surface area contributed by atoms with Crippen molar-refractivity contribution in [2.45, 2.75) is 25.8 Å². The Morgan fingerprint density at radius 3 is 2.87 bits per heavy atom. The van der Waals surface area contributed by atoms with Crippen molar-refractivity contribution in [1.29, 1.82) is 0 Å². The first-order valence-electron chi connectivity index (χ1n) is 7.78. The van der Waals surface area contributed by atoms with E-state index in [1.54, 1.807) is 6.07 Å². The molecule has 0 bridgehead atoms. The van der Waals surface area contributed by atoms with Crippen molar-refractivity contribution < 1.29 is 9.18 Å². The van der Waals surface area contributed by atoms with Crippen molar-refractivity contribution in [1.82, 2.24) is 4.90 Å². The zero-order valence-electron chi connectivity index (χ0n) is 12.9. The van der Waals surface area contributed by atoms with E-state index in [-0.39, 0.29) is 30.2 Å². The van der Waals surface area contributed by atoms with Gasteiger partial charge in [-0.1, -0.05) is 0 Å². The molecule has 1 saturated carbocycles. The quantitative estimate of drug-likeness (QED) is 0.850. The number of benzene rings is 1. The molecule has 2 fully saturated rings. The number of likely N-dealkylation sites (tertiary alicyclic amines) is 1. The van der Waals surface area contributed by atoms with Crippen molar-refractivity contribution in [3.63, 3.8) is 0 Å².